The first-order valence-corrected chi connectivity index (χ1v) is 5.50. The molecule has 0 amide bonds. The standard InChI is InChI=1S/C11H17N3O3/c1-7-4-9(14-10(12)13-7)15-5-8-6-16-11(2,3)17-8/h4,8H,5-6H2,1-3H3,(H2,12,13,14)/t8-/m0/s1. The highest BCUT2D eigenvalue weighted by Crippen LogP contribution is 2.22. The minimum absolute atomic E-state index is 0.0819. The maximum Gasteiger partial charge on any atom is 0.223 e. The number of nitrogen functional groups attached to an aromatic ring is 1. The van der Waals surface area contributed by atoms with Crippen molar-refractivity contribution in [2.75, 3.05) is 18.9 Å². The Bertz CT molecular complexity index is 389. The van der Waals surface area contributed by atoms with Crippen LogP contribution in [0.15, 0.2) is 6.07 Å². The third-order valence-electron chi connectivity index (χ3n) is 2.33. The summed E-state index contributed by atoms with van der Waals surface area (Å²) in [5.41, 5.74) is 6.30. The summed E-state index contributed by atoms with van der Waals surface area (Å²) in [6, 6.07) is 1.73. The first-order chi connectivity index (χ1) is 7.94. The van der Waals surface area contributed by atoms with E-state index < -0.39 is 5.79 Å². The van der Waals surface area contributed by atoms with Crippen LogP contribution in [-0.4, -0.2) is 35.1 Å². The van der Waals surface area contributed by atoms with Gasteiger partial charge in [0.2, 0.25) is 11.8 Å². The lowest BCUT2D eigenvalue weighted by molar-refractivity contribution is -0.141. The van der Waals surface area contributed by atoms with Gasteiger partial charge in [0.15, 0.2) is 5.79 Å². The number of nitrogens with zero attached hydrogens (tertiary/aromatic N) is 2. The van der Waals surface area contributed by atoms with E-state index in [-0.39, 0.29) is 12.1 Å². The monoisotopic (exact) mass is 239 g/mol. The van der Waals surface area contributed by atoms with Gasteiger partial charge < -0.3 is 19.9 Å². The maximum atomic E-state index is 5.61. The molecular formula is C11H17N3O3. The van der Waals surface area contributed by atoms with Gasteiger partial charge in [-0.3, -0.25) is 0 Å². The molecule has 0 spiro atoms. The van der Waals surface area contributed by atoms with E-state index in [9.17, 15) is 0 Å². The molecule has 6 nitrogen and oxygen atoms in total. The van der Waals surface area contributed by atoms with E-state index in [2.05, 4.69) is 9.97 Å². The molecule has 0 bridgehead atoms. The number of aryl methyl sites for hydroxylation is 1. The van der Waals surface area contributed by atoms with Crippen LogP contribution in [0.4, 0.5) is 5.95 Å². The van der Waals surface area contributed by atoms with Gasteiger partial charge in [0.1, 0.15) is 12.7 Å². The number of aromatic nitrogens is 2. The molecule has 1 saturated heterocycles. The van der Waals surface area contributed by atoms with Crippen molar-refractivity contribution >= 4 is 5.95 Å². The molecule has 1 aromatic rings. The molecule has 0 radical (unpaired) electrons. The van der Waals surface area contributed by atoms with Gasteiger partial charge in [-0.1, -0.05) is 0 Å². The molecule has 1 aliphatic heterocycles. The van der Waals surface area contributed by atoms with Crippen LogP contribution in [0.2, 0.25) is 0 Å². The van der Waals surface area contributed by atoms with Crippen LogP contribution in [0.1, 0.15) is 19.5 Å². The van der Waals surface area contributed by atoms with Crippen molar-refractivity contribution in [1.82, 2.24) is 9.97 Å². The van der Waals surface area contributed by atoms with E-state index in [4.69, 9.17) is 19.9 Å². The van der Waals surface area contributed by atoms with Crippen molar-refractivity contribution in [1.29, 1.82) is 0 Å². The van der Waals surface area contributed by atoms with Crippen LogP contribution in [0.25, 0.3) is 0 Å². The molecule has 0 unspecified atom stereocenters. The Morgan fingerprint density at radius 1 is 1.53 bits per heavy atom. The molecule has 0 aliphatic carbocycles. The third kappa shape index (κ3) is 3.28. The summed E-state index contributed by atoms with van der Waals surface area (Å²) >= 11 is 0. The second kappa shape index (κ2) is 4.46. The Kier molecular flexibility index (Phi) is 3.17. The average molecular weight is 239 g/mol. The fraction of sp³-hybridized carbons (Fsp3) is 0.636. The molecule has 17 heavy (non-hydrogen) atoms. The Morgan fingerprint density at radius 3 is 2.88 bits per heavy atom. The Morgan fingerprint density at radius 2 is 2.29 bits per heavy atom. The molecule has 1 atom stereocenters. The summed E-state index contributed by atoms with van der Waals surface area (Å²) < 4.78 is 16.5. The van der Waals surface area contributed by atoms with Gasteiger partial charge in [0.25, 0.3) is 0 Å². The number of hydrogen-bond donors (Lipinski definition) is 1. The fourth-order valence-corrected chi connectivity index (χ4v) is 1.66. The smallest absolute Gasteiger partial charge is 0.223 e. The summed E-state index contributed by atoms with van der Waals surface area (Å²) in [4.78, 5) is 7.95. The first-order valence-electron chi connectivity index (χ1n) is 5.50. The topological polar surface area (TPSA) is 79.5 Å². The Hall–Kier alpha value is -1.40. The Labute approximate surface area is 100 Å². The molecule has 1 aromatic heterocycles. The summed E-state index contributed by atoms with van der Waals surface area (Å²) in [5.74, 6) is 0.140. The van der Waals surface area contributed by atoms with Crippen molar-refractivity contribution in [2.45, 2.75) is 32.7 Å². The van der Waals surface area contributed by atoms with Crippen LogP contribution in [0, 0.1) is 6.92 Å². The van der Waals surface area contributed by atoms with Crippen molar-refractivity contribution in [3.05, 3.63) is 11.8 Å². The van der Waals surface area contributed by atoms with Crippen LogP contribution in [0.5, 0.6) is 5.88 Å². The highest BCUT2D eigenvalue weighted by atomic mass is 16.7. The molecular weight excluding hydrogens is 222 g/mol. The largest absolute Gasteiger partial charge is 0.475 e. The molecule has 2 N–H and O–H groups in total. The number of hydrogen-bond acceptors (Lipinski definition) is 6. The normalized spacial score (nSPS) is 22.6. The van der Waals surface area contributed by atoms with Crippen LogP contribution < -0.4 is 10.5 Å². The molecule has 1 fully saturated rings. The number of anilines is 1. The highest BCUT2D eigenvalue weighted by Gasteiger charge is 2.33. The summed E-state index contributed by atoms with van der Waals surface area (Å²) in [7, 11) is 0. The summed E-state index contributed by atoms with van der Waals surface area (Å²) in [5, 5.41) is 0. The van der Waals surface area contributed by atoms with Gasteiger partial charge in [0, 0.05) is 11.8 Å². The zero-order chi connectivity index (χ0) is 12.5. The van der Waals surface area contributed by atoms with E-state index in [1.165, 1.54) is 0 Å². The van der Waals surface area contributed by atoms with Gasteiger partial charge in [-0.2, -0.15) is 4.98 Å². The van der Waals surface area contributed by atoms with Crippen molar-refractivity contribution in [3.8, 4) is 5.88 Å². The minimum atomic E-state index is -0.533. The van der Waals surface area contributed by atoms with E-state index in [0.717, 1.165) is 5.69 Å². The van der Waals surface area contributed by atoms with E-state index in [1.807, 2.05) is 20.8 Å². The highest BCUT2D eigenvalue weighted by molar-refractivity contribution is 5.25. The first kappa shape index (κ1) is 12.1. The van der Waals surface area contributed by atoms with Crippen molar-refractivity contribution in [2.24, 2.45) is 0 Å². The van der Waals surface area contributed by atoms with Crippen LogP contribution in [0.3, 0.4) is 0 Å². The number of rotatable bonds is 3. The summed E-state index contributed by atoms with van der Waals surface area (Å²) in [6.07, 6.45) is -0.0819. The maximum absolute atomic E-state index is 5.61. The van der Waals surface area contributed by atoms with Crippen LogP contribution >= 0.6 is 0 Å². The predicted molar refractivity (Wildman–Crippen MR) is 61.6 cm³/mol. The van der Waals surface area contributed by atoms with Gasteiger partial charge in [-0.25, -0.2) is 4.98 Å². The Balaban J connectivity index is 1.90. The zero-order valence-corrected chi connectivity index (χ0v) is 10.3. The van der Waals surface area contributed by atoms with Gasteiger partial charge in [-0.15, -0.1) is 0 Å². The average Bonchev–Trinajstić information content (AvgIpc) is 2.54. The lowest BCUT2D eigenvalue weighted by atomic mass is 10.4. The summed E-state index contributed by atoms with van der Waals surface area (Å²) in [6.45, 7) is 6.49. The molecule has 2 heterocycles. The van der Waals surface area contributed by atoms with E-state index in [0.29, 0.717) is 19.1 Å². The predicted octanol–water partition coefficient (Wildman–Crippen LogP) is 0.898. The fourth-order valence-electron chi connectivity index (χ4n) is 1.66. The SMILES string of the molecule is Cc1cc(OC[C@H]2COC(C)(C)O2)nc(N)n1. The quantitative estimate of drug-likeness (QED) is 0.844. The van der Waals surface area contributed by atoms with Crippen molar-refractivity contribution < 1.29 is 14.2 Å². The molecule has 94 valence electrons. The van der Waals surface area contributed by atoms with Crippen molar-refractivity contribution in [3.63, 3.8) is 0 Å². The third-order valence-corrected chi connectivity index (χ3v) is 2.33. The number of ether oxygens (including phenoxy) is 3. The van der Waals surface area contributed by atoms with Gasteiger partial charge in [-0.05, 0) is 20.8 Å². The lowest BCUT2D eigenvalue weighted by Crippen LogP contribution is -2.25. The lowest BCUT2D eigenvalue weighted by Gasteiger charge is -2.17. The minimum Gasteiger partial charge on any atom is -0.475 e. The van der Waals surface area contributed by atoms with Gasteiger partial charge >= 0.3 is 0 Å². The second-order valence-corrected chi connectivity index (χ2v) is 4.47. The number of nitrogens with two attached hydrogens (primary N) is 1. The second-order valence-electron chi connectivity index (χ2n) is 4.47. The van der Waals surface area contributed by atoms with E-state index >= 15 is 0 Å². The molecule has 6 heteroatoms. The molecule has 0 aromatic carbocycles. The zero-order valence-electron chi connectivity index (χ0n) is 10.3. The molecule has 2 rings (SSSR count). The van der Waals surface area contributed by atoms with E-state index in [1.54, 1.807) is 6.07 Å². The van der Waals surface area contributed by atoms with Gasteiger partial charge in [0.05, 0.1) is 6.61 Å². The molecule has 0 saturated carbocycles. The van der Waals surface area contributed by atoms with Crippen LogP contribution in [-0.2, 0) is 9.47 Å². The molecule has 1 aliphatic rings.